The summed E-state index contributed by atoms with van der Waals surface area (Å²) in [6.07, 6.45) is 2.03. The highest BCUT2D eigenvalue weighted by molar-refractivity contribution is 8.13. The third-order valence-electron chi connectivity index (χ3n) is 1.97. The van der Waals surface area contributed by atoms with Crippen molar-refractivity contribution in [3.63, 3.8) is 0 Å². The van der Waals surface area contributed by atoms with Crippen molar-refractivity contribution in [2.45, 2.75) is 26.5 Å². The van der Waals surface area contributed by atoms with Gasteiger partial charge in [0.2, 0.25) is 0 Å². The van der Waals surface area contributed by atoms with Crippen molar-refractivity contribution < 1.29 is 4.74 Å². The quantitative estimate of drug-likeness (QED) is 0.578. The first-order valence-electron chi connectivity index (χ1n) is 5.44. The van der Waals surface area contributed by atoms with Gasteiger partial charge in [0, 0.05) is 6.04 Å². The summed E-state index contributed by atoms with van der Waals surface area (Å²) in [6.45, 7) is 5.41. The van der Waals surface area contributed by atoms with Crippen molar-refractivity contribution in [1.82, 2.24) is 0 Å². The highest BCUT2D eigenvalue weighted by Gasteiger charge is 1.99. The van der Waals surface area contributed by atoms with Crippen LogP contribution in [0.1, 0.15) is 19.4 Å². The number of benzene rings is 1. The molecular weight excluding hydrogens is 218 g/mol. The molecule has 0 aliphatic heterocycles. The lowest BCUT2D eigenvalue weighted by atomic mass is 10.2. The minimum Gasteiger partial charge on any atom is -0.370 e. The average Bonchev–Trinajstić information content (AvgIpc) is 2.28. The summed E-state index contributed by atoms with van der Waals surface area (Å²) in [5.41, 5.74) is 1.20. The second-order valence-corrected chi connectivity index (χ2v) is 4.68. The topological polar surface area (TPSA) is 21.6 Å². The van der Waals surface area contributed by atoms with Gasteiger partial charge in [-0.3, -0.25) is 4.99 Å². The molecule has 2 nitrogen and oxygen atoms in total. The van der Waals surface area contributed by atoms with Gasteiger partial charge in [0.05, 0.1) is 18.3 Å². The van der Waals surface area contributed by atoms with Gasteiger partial charge >= 0.3 is 0 Å². The van der Waals surface area contributed by atoms with Gasteiger partial charge in [-0.2, -0.15) is 0 Å². The third kappa shape index (κ3) is 5.33. The van der Waals surface area contributed by atoms with Crippen LogP contribution < -0.4 is 0 Å². The Morgan fingerprint density at radius 1 is 1.31 bits per heavy atom. The maximum atomic E-state index is 5.62. The molecule has 0 saturated carbocycles. The molecule has 0 N–H and O–H groups in total. The molecule has 0 aromatic heterocycles. The zero-order chi connectivity index (χ0) is 11.8. The molecule has 0 fully saturated rings. The van der Waals surface area contributed by atoms with E-state index < -0.39 is 0 Å². The Morgan fingerprint density at radius 3 is 2.56 bits per heavy atom. The van der Waals surface area contributed by atoms with Crippen molar-refractivity contribution in [3.05, 3.63) is 35.9 Å². The van der Waals surface area contributed by atoms with E-state index in [4.69, 9.17) is 4.74 Å². The minimum atomic E-state index is 0.336. The largest absolute Gasteiger partial charge is 0.370 e. The SMILES string of the molecule is CSC(COCc1ccccc1)=NC(C)C. The molecule has 0 heterocycles. The molecule has 0 unspecified atom stereocenters. The van der Waals surface area contributed by atoms with Gasteiger partial charge in [-0.25, -0.2) is 0 Å². The number of nitrogens with zero attached hydrogens (tertiary/aromatic N) is 1. The van der Waals surface area contributed by atoms with Gasteiger partial charge in [0.25, 0.3) is 0 Å². The van der Waals surface area contributed by atoms with Crippen LogP contribution in [0.5, 0.6) is 0 Å². The molecule has 0 radical (unpaired) electrons. The molecule has 0 spiro atoms. The van der Waals surface area contributed by atoms with Crippen LogP contribution in [0.4, 0.5) is 0 Å². The maximum absolute atomic E-state index is 5.62. The molecule has 0 saturated heterocycles. The Hall–Kier alpha value is -0.800. The molecule has 1 rings (SSSR count). The van der Waals surface area contributed by atoms with E-state index in [1.807, 2.05) is 24.5 Å². The second-order valence-electron chi connectivity index (χ2n) is 3.80. The fourth-order valence-corrected chi connectivity index (χ4v) is 1.78. The highest BCUT2D eigenvalue weighted by atomic mass is 32.2. The fourth-order valence-electron chi connectivity index (χ4n) is 1.27. The molecule has 0 atom stereocenters. The third-order valence-corrected chi connectivity index (χ3v) is 2.67. The molecule has 0 aliphatic rings. The molecule has 1 aromatic rings. The Bertz CT molecular complexity index is 322. The van der Waals surface area contributed by atoms with Crippen molar-refractivity contribution in [1.29, 1.82) is 0 Å². The molecule has 3 heteroatoms. The van der Waals surface area contributed by atoms with Crippen LogP contribution in [0.25, 0.3) is 0 Å². The van der Waals surface area contributed by atoms with Gasteiger partial charge in [-0.15, -0.1) is 11.8 Å². The lowest BCUT2D eigenvalue weighted by Gasteiger charge is -2.07. The van der Waals surface area contributed by atoms with Crippen LogP contribution in [0, 0.1) is 0 Å². The summed E-state index contributed by atoms with van der Waals surface area (Å²) in [4.78, 5) is 4.48. The van der Waals surface area contributed by atoms with E-state index in [1.54, 1.807) is 11.8 Å². The Kier molecular flexibility index (Phi) is 6.19. The standard InChI is InChI=1S/C13H19NOS/c1-11(2)14-13(16-3)10-15-9-12-7-5-4-6-8-12/h4-8,11H,9-10H2,1-3H3. The van der Waals surface area contributed by atoms with Gasteiger partial charge in [0.15, 0.2) is 0 Å². The first kappa shape index (κ1) is 13.3. The number of hydrogen-bond acceptors (Lipinski definition) is 3. The monoisotopic (exact) mass is 237 g/mol. The fraction of sp³-hybridized carbons (Fsp3) is 0.462. The van der Waals surface area contributed by atoms with E-state index in [0.29, 0.717) is 19.3 Å². The van der Waals surface area contributed by atoms with E-state index in [-0.39, 0.29) is 0 Å². The van der Waals surface area contributed by atoms with Crippen LogP contribution in [-0.2, 0) is 11.3 Å². The Balaban J connectivity index is 2.34. The van der Waals surface area contributed by atoms with Crippen molar-refractivity contribution >= 4 is 16.8 Å². The zero-order valence-corrected chi connectivity index (χ0v) is 11.0. The molecule has 0 aliphatic carbocycles. The average molecular weight is 237 g/mol. The van der Waals surface area contributed by atoms with E-state index >= 15 is 0 Å². The second kappa shape index (κ2) is 7.47. The van der Waals surface area contributed by atoms with E-state index in [9.17, 15) is 0 Å². The minimum absolute atomic E-state index is 0.336. The lowest BCUT2D eigenvalue weighted by molar-refractivity contribution is 0.159. The zero-order valence-electron chi connectivity index (χ0n) is 10.1. The van der Waals surface area contributed by atoms with Crippen LogP contribution in [-0.4, -0.2) is 23.9 Å². The summed E-state index contributed by atoms with van der Waals surface area (Å²) in [5, 5.41) is 1.06. The summed E-state index contributed by atoms with van der Waals surface area (Å²) in [6, 6.07) is 10.5. The van der Waals surface area contributed by atoms with Crippen LogP contribution in [0.15, 0.2) is 35.3 Å². The van der Waals surface area contributed by atoms with Gasteiger partial charge in [-0.1, -0.05) is 30.3 Å². The maximum Gasteiger partial charge on any atom is 0.0949 e. The van der Waals surface area contributed by atoms with Crippen molar-refractivity contribution in [3.8, 4) is 0 Å². The van der Waals surface area contributed by atoms with Gasteiger partial charge in [0.1, 0.15) is 0 Å². The summed E-state index contributed by atoms with van der Waals surface area (Å²) < 4.78 is 5.62. The normalized spacial score (nSPS) is 12.1. The predicted molar refractivity (Wildman–Crippen MR) is 72.2 cm³/mol. The van der Waals surface area contributed by atoms with Gasteiger partial charge < -0.3 is 4.74 Å². The number of hydrogen-bond donors (Lipinski definition) is 0. The number of ether oxygens (including phenoxy) is 1. The van der Waals surface area contributed by atoms with Gasteiger partial charge in [-0.05, 0) is 25.7 Å². The molecule has 1 aromatic carbocycles. The van der Waals surface area contributed by atoms with Crippen molar-refractivity contribution in [2.75, 3.05) is 12.9 Å². The summed E-state index contributed by atoms with van der Waals surface area (Å²) in [7, 11) is 0. The first-order valence-corrected chi connectivity index (χ1v) is 6.67. The number of rotatable bonds is 5. The van der Waals surface area contributed by atoms with E-state index in [1.165, 1.54) is 5.56 Å². The van der Waals surface area contributed by atoms with E-state index in [0.717, 1.165) is 5.04 Å². The molecule has 88 valence electrons. The Morgan fingerprint density at radius 2 is 2.00 bits per heavy atom. The summed E-state index contributed by atoms with van der Waals surface area (Å²) in [5.74, 6) is 0. The first-order chi connectivity index (χ1) is 7.72. The van der Waals surface area contributed by atoms with E-state index in [2.05, 4.69) is 31.0 Å². The highest BCUT2D eigenvalue weighted by Crippen LogP contribution is 2.05. The molecule has 0 bridgehead atoms. The Labute approximate surface area is 102 Å². The lowest BCUT2D eigenvalue weighted by Crippen LogP contribution is -2.07. The molecule has 16 heavy (non-hydrogen) atoms. The van der Waals surface area contributed by atoms with Crippen LogP contribution >= 0.6 is 11.8 Å². The molecule has 0 amide bonds. The van der Waals surface area contributed by atoms with Crippen LogP contribution in [0.2, 0.25) is 0 Å². The summed E-state index contributed by atoms with van der Waals surface area (Å²) >= 11 is 1.66. The number of thioether (sulfide) groups is 1. The van der Waals surface area contributed by atoms with Crippen LogP contribution in [0.3, 0.4) is 0 Å². The predicted octanol–water partition coefficient (Wildman–Crippen LogP) is 3.37. The molecular formula is C13H19NOS. The smallest absolute Gasteiger partial charge is 0.0949 e. The van der Waals surface area contributed by atoms with Crippen molar-refractivity contribution in [2.24, 2.45) is 4.99 Å². The number of aliphatic imine (C=N–C) groups is 1.